The Labute approximate surface area is 132 Å². The first-order valence-corrected chi connectivity index (χ1v) is 7.74. The first-order valence-electron chi connectivity index (χ1n) is 7.74. The number of hydrogen-bond donors (Lipinski definition) is 0. The molecule has 3 rings (SSSR count). The van der Waals surface area contributed by atoms with E-state index in [1.165, 1.54) is 21.9 Å². The van der Waals surface area contributed by atoms with Gasteiger partial charge in [0.05, 0.1) is 5.60 Å². The summed E-state index contributed by atoms with van der Waals surface area (Å²) in [6.07, 6.45) is -0.0502. The van der Waals surface area contributed by atoms with Gasteiger partial charge in [0.25, 0.3) is 0 Å². The molecule has 0 aliphatic heterocycles. The van der Waals surface area contributed by atoms with Crippen molar-refractivity contribution in [1.82, 2.24) is 0 Å². The van der Waals surface area contributed by atoms with Crippen LogP contribution in [0.3, 0.4) is 0 Å². The third-order valence-corrected chi connectivity index (χ3v) is 3.65. The SMILES string of the molecule is CC(C)(C)OC(c1ccccc1)c1ccc2ccccc2c1. The maximum Gasteiger partial charge on any atom is 0.108 e. The van der Waals surface area contributed by atoms with Gasteiger partial charge in [-0.05, 0) is 48.7 Å². The van der Waals surface area contributed by atoms with Crippen LogP contribution in [0.2, 0.25) is 0 Å². The minimum atomic E-state index is -0.202. The predicted octanol–water partition coefficient (Wildman–Crippen LogP) is 5.74. The van der Waals surface area contributed by atoms with Crippen molar-refractivity contribution in [3.8, 4) is 0 Å². The summed E-state index contributed by atoms with van der Waals surface area (Å²) in [6, 6.07) is 25.5. The molecule has 1 unspecified atom stereocenters. The van der Waals surface area contributed by atoms with Crippen LogP contribution in [-0.4, -0.2) is 5.60 Å². The molecule has 0 saturated heterocycles. The van der Waals surface area contributed by atoms with Gasteiger partial charge < -0.3 is 4.74 Å². The molecule has 0 aliphatic rings. The Morgan fingerprint density at radius 2 is 1.32 bits per heavy atom. The van der Waals surface area contributed by atoms with Gasteiger partial charge >= 0.3 is 0 Å². The van der Waals surface area contributed by atoms with Gasteiger partial charge in [0.2, 0.25) is 0 Å². The number of hydrogen-bond acceptors (Lipinski definition) is 1. The van der Waals surface area contributed by atoms with Crippen LogP contribution in [0, 0.1) is 0 Å². The second-order valence-corrected chi connectivity index (χ2v) is 6.63. The monoisotopic (exact) mass is 290 g/mol. The molecule has 0 N–H and O–H groups in total. The first-order chi connectivity index (χ1) is 10.5. The molecule has 0 fully saturated rings. The average Bonchev–Trinajstić information content (AvgIpc) is 2.52. The summed E-state index contributed by atoms with van der Waals surface area (Å²) in [4.78, 5) is 0. The van der Waals surface area contributed by atoms with Crippen LogP contribution in [0.5, 0.6) is 0 Å². The lowest BCUT2D eigenvalue weighted by atomic mass is 9.97. The number of rotatable bonds is 3. The lowest BCUT2D eigenvalue weighted by Gasteiger charge is -2.28. The third-order valence-electron chi connectivity index (χ3n) is 3.65. The van der Waals surface area contributed by atoms with Gasteiger partial charge in [-0.15, -0.1) is 0 Å². The van der Waals surface area contributed by atoms with Gasteiger partial charge in [0, 0.05) is 0 Å². The van der Waals surface area contributed by atoms with Crippen LogP contribution in [0.1, 0.15) is 38.0 Å². The number of ether oxygens (including phenoxy) is 1. The van der Waals surface area contributed by atoms with E-state index in [0.717, 1.165) is 0 Å². The van der Waals surface area contributed by atoms with Crippen molar-refractivity contribution >= 4 is 10.8 Å². The molecule has 0 radical (unpaired) electrons. The van der Waals surface area contributed by atoms with E-state index < -0.39 is 0 Å². The number of benzene rings is 3. The van der Waals surface area contributed by atoms with Crippen molar-refractivity contribution < 1.29 is 4.74 Å². The molecule has 0 saturated carbocycles. The van der Waals surface area contributed by atoms with Crippen molar-refractivity contribution in [3.05, 3.63) is 83.9 Å². The highest BCUT2D eigenvalue weighted by atomic mass is 16.5. The summed E-state index contributed by atoms with van der Waals surface area (Å²) in [7, 11) is 0. The summed E-state index contributed by atoms with van der Waals surface area (Å²) >= 11 is 0. The van der Waals surface area contributed by atoms with Crippen molar-refractivity contribution in [2.45, 2.75) is 32.5 Å². The molecule has 1 atom stereocenters. The van der Waals surface area contributed by atoms with Crippen LogP contribution in [-0.2, 0) is 4.74 Å². The second kappa shape index (κ2) is 5.94. The van der Waals surface area contributed by atoms with Crippen LogP contribution in [0.25, 0.3) is 10.8 Å². The molecule has 1 nitrogen and oxygen atoms in total. The van der Waals surface area contributed by atoms with Gasteiger partial charge in [-0.1, -0.05) is 66.7 Å². The molecule has 0 bridgehead atoms. The topological polar surface area (TPSA) is 9.23 Å². The molecule has 0 aromatic heterocycles. The summed E-state index contributed by atoms with van der Waals surface area (Å²) in [5.74, 6) is 0. The van der Waals surface area contributed by atoms with Gasteiger partial charge in [-0.25, -0.2) is 0 Å². The van der Waals surface area contributed by atoms with Gasteiger partial charge in [-0.2, -0.15) is 0 Å². The third kappa shape index (κ3) is 3.37. The zero-order valence-electron chi connectivity index (χ0n) is 13.4. The van der Waals surface area contributed by atoms with Crippen molar-refractivity contribution in [3.63, 3.8) is 0 Å². The molecule has 3 aromatic carbocycles. The fourth-order valence-corrected chi connectivity index (χ4v) is 2.68. The zero-order valence-corrected chi connectivity index (χ0v) is 13.4. The maximum atomic E-state index is 6.36. The Bertz CT molecular complexity index is 753. The summed E-state index contributed by atoms with van der Waals surface area (Å²) in [6.45, 7) is 6.30. The van der Waals surface area contributed by atoms with E-state index in [0.29, 0.717) is 0 Å². The largest absolute Gasteiger partial charge is 0.363 e. The summed E-state index contributed by atoms with van der Waals surface area (Å²) < 4.78 is 6.36. The summed E-state index contributed by atoms with van der Waals surface area (Å²) in [5.41, 5.74) is 2.18. The Balaban J connectivity index is 2.07. The number of fused-ring (bicyclic) bond motifs is 1. The predicted molar refractivity (Wildman–Crippen MR) is 93.1 cm³/mol. The maximum absolute atomic E-state index is 6.36. The van der Waals surface area contributed by atoms with E-state index in [9.17, 15) is 0 Å². The second-order valence-electron chi connectivity index (χ2n) is 6.63. The van der Waals surface area contributed by atoms with E-state index in [-0.39, 0.29) is 11.7 Å². The highest BCUT2D eigenvalue weighted by Crippen LogP contribution is 2.32. The Morgan fingerprint density at radius 3 is 2.00 bits per heavy atom. The molecule has 0 aliphatic carbocycles. The summed E-state index contributed by atoms with van der Waals surface area (Å²) in [5, 5.41) is 2.51. The van der Waals surface area contributed by atoms with E-state index in [1.807, 2.05) is 6.07 Å². The molecular weight excluding hydrogens is 268 g/mol. The highest BCUT2D eigenvalue weighted by Gasteiger charge is 2.22. The minimum Gasteiger partial charge on any atom is -0.363 e. The average molecular weight is 290 g/mol. The Hall–Kier alpha value is -2.12. The van der Waals surface area contributed by atoms with E-state index in [1.54, 1.807) is 0 Å². The van der Waals surface area contributed by atoms with Crippen molar-refractivity contribution in [1.29, 1.82) is 0 Å². The molecule has 0 spiro atoms. The molecule has 112 valence electrons. The van der Waals surface area contributed by atoms with Crippen LogP contribution in [0.15, 0.2) is 72.8 Å². The standard InChI is InChI=1S/C21H22O/c1-21(2,3)22-20(17-10-5-4-6-11-17)19-14-13-16-9-7-8-12-18(16)15-19/h4-15,20H,1-3H3. The van der Waals surface area contributed by atoms with Crippen molar-refractivity contribution in [2.24, 2.45) is 0 Å². The normalized spacial score (nSPS) is 13.2. The molecule has 0 amide bonds. The molecule has 0 heterocycles. The Kier molecular flexibility index (Phi) is 4.00. The smallest absolute Gasteiger partial charge is 0.108 e. The van der Waals surface area contributed by atoms with Crippen LogP contribution in [0.4, 0.5) is 0 Å². The fraction of sp³-hybridized carbons (Fsp3) is 0.238. The molecule has 3 aromatic rings. The van der Waals surface area contributed by atoms with E-state index in [4.69, 9.17) is 4.74 Å². The zero-order chi connectivity index (χ0) is 15.6. The molecular formula is C21H22O. The van der Waals surface area contributed by atoms with Gasteiger partial charge in [-0.3, -0.25) is 0 Å². The van der Waals surface area contributed by atoms with Crippen LogP contribution >= 0.6 is 0 Å². The lowest BCUT2D eigenvalue weighted by molar-refractivity contribution is -0.0429. The van der Waals surface area contributed by atoms with Crippen molar-refractivity contribution in [2.75, 3.05) is 0 Å². The molecule has 22 heavy (non-hydrogen) atoms. The van der Waals surface area contributed by atoms with Gasteiger partial charge in [0.1, 0.15) is 6.10 Å². The van der Waals surface area contributed by atoms with Crippen LogP contribution < -0.4 is 0 Å². The minimum absolute atomic E-state index is 0.0502. The highest BCUT2D eigenvalue weighted by molar-refractivity contribution is 5.83. The lowest BCUT2D eigenvalue weighted by Crippen LogP contribution is -2.23. The van der Waals surface area contributed by atoms with E-state index in [2.05, 4.69) is 87.5 Å². The van der Waals surface area contributed by atoms with Gasteiger partial charge in [0.15, 0.2) is 0 Å². The quantitative estimate of drug-likeness (QED) is 0.597. The molecule has 1 heteroatoms. The fourth-order valence-electron chi connectivity index (χ4n) is 2.68. The Morgan fingerprint density at radius 1 is 0.682 bits per heavy atom. The van der Waals surface area contributed by atoms with E-state index >= 15 is 0 Å². The first kappa shape index (κ1) is 14.8.